The number of hydrogen-bond acceptors (Lipinski definition) is 3. The molecule has 4 nitrogen and oxygen atoms in total. The van der Waals surface area contributed by atoms with E-state index in [0.29, 0.717) is 12.0 Å². The van der Waals surface area contributed by atoms with Crippen molar-refractivity contribution in [2.75, 3.05) is 11.9 Å². The summed E-state index contributed by atoms with van der Waals surface area (Å²) in [6.45, 7) is 0. The molecule has 0 atom stereocenters. The summed E-state index contributed by atoms with van der Waals surface area (Å²) in [5.74, 6) is 0.0230. The average Bonchev–Trinajstić information content (AvgIpc) is 2.74. The quantitative estimate of drug-likeness (QED) is 0.778. The zero-order valence-corrected chi connectivity index (χ0v) is 10.4. The molecule has 1 aliphatic rings. The van der Waals surface area contributed by atoms with Crippen LogP contribution in [-0.4, -0.2) is 17.9 Å². The molecule has 1 aromatic carbocycles. The summed E-state index contributed by atoms with van der Waals surface area (Å²) in [5, 5.41) is 9.42. The molecule has 0 radical (unpaired) electrons. The lowest BCUT2D eigenvalue weighted by Crippen LogP contribution is -2.20. The van der Waals surface area contributed by atoms with E-state index in [1.54, 1.807) is 24.3 Å². The zero-order chi connectivity index (χ0) is 13.4. The van der Waals surface area contributed by atoms with Crippen LogP contribution < -0.4 is 4.90 Å². The fraction of sp³-hybridized carbons (Fsp3) is 0.133. The smallest absolute Gasteiger partial charge is 0.231 e. The number of fused-ring (bicyclic) bond motifs is 1. The Balaban J connectivity index is 2.24. The fourth-order valence-corrected chi connectivity index (χ4v) is 2.42. The minimum atomic E-state index is 0.0230. The molecule has 0 unspecified atom stereocenters. The number of pyridine rings is 1. The zero-order valence-electron chi connectivity index (χ0n) is 10.4. The van der Waals surface area contributed by atoms with Gasteiger partial charge in [0, 0.05) is 41.8 Å². The SMILES string of the molecule is CN1C(=O)Cc2c1ccc(-c1cccnc1)c2C#N. The molecule has 2 heterocycles. The highest BCUT2D eigenvalue weighted by Crippen LogP contribution is 2.35. The van der Waals surface area contributed by atoms with Crippen molar-refractivity contribution in [3.8, 4) is 17.2 Å². The largest absolute Gasteiger partial charge is 0.315 e. The van der Waals surface area contributed by atoms with Crippen LogP contribution in [0.2, 0.25) is 0 Å². The number of carbonyl (C=O) groups excluding carboxylic acids is 1. The summed E-state index contributed by atoms with van der Waals surface area (Å²) >= 11 is 0. The van der Waals surface area contributed by atoms with Crippen molar-refractivity contribution in [2.24, 2.45) is 0 Å². The lowest BCUT2D eigenvalue weighted by molar-refractivity contribution is -0.117. The van der Waals surface area contributed by atoms with E-state index in [1.807, 2.05) is 24.3 Å². The van der Waals surface area contributed by atoms with Crippen LogP contribution in [0.15, 0.2) is 36.7 Å². The molecule has 0 N–H and O–H groups in total. The summed E-state index contributed by atoms with van der Waals surface area (Å²) in [6.07, 6.45) is 3.71. The van der Waals surface area contributed by atoms with Gasteiger partial charge in [0.25, 0.3) is 0 Å². The summed E-state index contributed by atoms with van der Waals surface area (Å²) in [4.78, 5) is 17.4. The number of nitriles is 1. The molecule has 0 saturated carbocycles. The molecule has 0 aliphatic carbocycles. The summed E-state index contributed by atoms with van der Waals surface area (Å²) in [7, 11) is 1.74. The van der Waals surface area contributed by atoms with Gasteiger partial charge in [0.05, 0.1) is 12.0 Å². The first-order chi connectivity index (χ1) is 9.22. The highest BCUT2D eigenvalue weighted by molar-refractivity contribution is 6.02. The van der Waals surface area contributed by atoms with E-state index in [4.69, 9.17) is 0 Å². The van der Waals surface area contributed by atoms with Crippen LogP contribution in [0.3, 0.4) is 0 Å². The Morgan fingerprint density at radius 1 is 1.37 bits per heavy atom. The monoisotopic (exact) mass is 249 g/mol. The van der Waals surface area contributed by atoms with Crippen molar-refractivity contribution in [1.82, 2.24) is 4.98 Å². The Hall–Kier alpha value is -2.67. The summed E-state index contributed by atoms with van der Waals surface area (Å²) in [5.41, 5.74) is 3.94. The molecule has 4 heteroatoms. The Morgan fingerprint density at radius 2 is 2.21 bits per heavy atom. The first-order valence-corrected chi connectivity index (χ1v) is 5.95. The van der Waals surface area contributed by atoms with E-state index in [9.17, 15) is 10.1 Å². The minimum Gasteiger partial charge on any atom is -0.315 e. The third-order valence-electron chi connectivity index (χ3n) is 3.44. The topological polar surface area (TPSA) is 57.0 Å². The molecule has 2 aromatic rings. The van der Waals surface area contributed by atoms with Crippen molar-refractivity contribution >= 4 is 11.6 Å². The molecule has 1 amide bonds. The first kappa shape index (κ1) is 11.4. The molecular formula is C15H11N3O. The number of likely N-dealkylation sites (N-methyl/N-ethyl adjacent to an activating group) is 1. The predicted octanol–water partition coefficient (Wildman–Crippen LogP) is 2.14. The molecule has 0 saturated heterocycles. The molecule has 19 heavy (non-hydrogen) atoms. The van der Waals surface area contributed by atoms with Crippen molar-refractivity contribution in [1.29, 1.82) is 5.26 Å². The van der Waals surface area contributed by atoms with Gasteiger partial charge in [0.15, 0.2) is 0 Å². The van der Waals surface area contributed by atoms with Gasteiger partial charge in [0.2, 0.25) is 5.91 Å². The lowest BCUT2D eigenvalue weighted by Gasteiger charge is -2.12. The van der Waals surface area contributed by atoms with Crippen molar-refractivity contribution in [3.63, 3.8) is 0 Å². The van der Waals surface area contributed by atoms with E-state index >= 15 is 0 Å². The number of nitrogens with zero attached hydrogens (tertiary/aromatic N) is 3. The normalized spacial score (nSPS) is 13.3. The Bertz CT molecular complexity index is 701. The van der Waals surface area contributed by atoms with Crippen molar-refractivity contribution in [2.45, 2.75) is 6.42 Å². The van der Waals surface area contributed by atoms with Crippen LogP contribution in [0.25, 0.3) is 11.1 Å². The number of amides is 1. The molecule has 1 aliphatic heterocycles. The highest BCUT2D eigenvalue weighted by atomic mass is 16.2. The van der Waals surface area contributed by atoms with Crippen molar-refractivity contribution in [3.05, 3.63) is 47.8 Å². The minimum absolute atomic E-state index is 0.0230. The first-order valence-electron chi connectivity index (χ1n) is 5.95. The Labute approximate surface area is 110 Å². The van der Waals surface area contributed by atoms with Crippen LogP contribution in [0.5, 0.6) is 0 Å². The van der Waals surface area contributed by atoms with Gasteiger partial charge in [0.1, 0.15) is 6.07 Å². The molecular weight excluding hydrogens is 238 g/mol. The van der Waals surface area contributed by atoms with Crippen molar-refractivity contribution < 1.29 is 4.79 Å². The molecule has 0 bridgehead atoms. The Morgan fingerprint density at radius 3 is 2.89 bits per heavy atom. The number of benzene rings is 1. The number of aromatic nitrogens is 1. The van der Waals surface area contributed by atoms with Gasteiger partial charge in [-0.1, -0.05) is 12.1 Å². The van der Waals surface area contributed by atoms with Crippen LogP contribution in [0.4, 0.5) is 5.69 Å². The number of rotatable bonds is 1. The fourth-order valence-electron chi connectivity index (χ4n) is 2.42. The van der Waals surface area contributed by atoms with Gasteiger partial charge in [-0.25, -0.2) is 0 Å². The van der Waals surface area contributed by atoms with Gasteiger partial charge < -0.3 is 4.90 Å². The number of hydrogen-bond donors (Lipinski definition) is 0. The van der Waals surface area contributed by atoms with E-state index in [0.717, 1.165) is 22.4 Å². The third kappa shape index (κ3) is 1.67. The molecule has 0 fully saturated rings. The van der Waals surface area contributed by atoms with Gasteiger partial charge in [-0.2, -0.15) is 5.26 Å². The van der Waals surface area contributed by atoms with Gasteiger partial charge in [-0.05, 0) is 12.1 Å². The third-order valence-corrected chi connectivity index (χ3v) is 3.44. The number of anilines is 1. The number of carbonyl (C=O) groups is 1. The summed E-state index contributed by atoms with van der Waals surface area (Å²) < 4.78 is 0. The van der Waals surface area contributed by atoms with E-state index < -0.39 is 0 Å². The summed E-state index contributed by atoms with van der Waals surface area (Å²) in [6, 6.07) is 9.75. The lowest BCUT2D eigenvalue weighted by atomic mass is 9.95. The Kier molecular flexibility index (Phi) is 2.53. The predicted molar refractivity (Wildman–Crippen MR) is 71.5 cm³/mol. The second-order valence-electron chi connectivity index (χ2n) is 4.47. The van der Waals surface area contributed by atoms with Gasteiger partial charge in [-0.15, -0.1) is 0 Å². The molecule has 3 rings (SSSR count). The second-order valence-corrected chi connectivity index (χ2v) is 4.47. The van der Waals surface area contributed by atoms with Crippen LogP contribution in [0.1, 0.15) is 11.1 Å². The molecule has 92 valence electrons. The average molecular weight is 249 g/mol. The maximum absolute atomic E-state index is 11.8. The maximum atomic E-state index is 11.8. The van der Waals surface area contributed by atoms with Crippen LogP contribution in [0, 0.1) is 11.3 Å². The van der Waals surface area contributed by atoms with Gasteiger partial charge in [-0.3, -0.25) is 9.78 Å². The van der Waals surface area contributed by atoms with Crippen LogP contribution >= 0.6 is 0 Å². The van der Waals surface area contributed by atoms with E-state index in [2.05, 4.69) is 11.1 Å². The van der Waals surface area contributed by atoms with Crippen LogP contribution in [-0.2, 0) is 11.2 Å². The van der Waals surface area contributed by atoms with E-state index in [1.165, 1.54) is 0 Å². The maximum Gasteiger partial charge on any atom is 0.231 e. The van der Waals surface area contributed by atoms with Gasteiger partial charge >= 0.3 is 0 Å². The molecule has 0 spiro atoms. The second kappa shape index (κ2) is 4.21. The standard InChI is InChI=1S/C15H11N3O/c1-18-14-5-4-11(10-3-2-6-17-9-10)13(8-16)12(14)7-15(18)19/h2-6,9H,7H2,1H3. The molecule has 1 aromatic heterocycles. The highest BCUT2D eigenvalue weighted by Gasteiger charge is 2.28. The van der Waals surface area contributed by atoms with E-state index in [-0.39, 0.29) is 5.91 Å².